The fourth-order valence-corrected chi connectivity index (χ4v) is 2.01. The molecule has 0 amide bonds. The van der Waals surface area contributed by atoms with Crippen LogP contribution in [0, 0.1) is 0 Å². The minimum absolute atomic E-state index is 0.252. The molecular weight excluding hydrogens is 242 g/mol. The first-order valence-corrected chi connectivity index (χ1v) is 5.81. The number of hydrogen-bond donors (Lipinski definition) is 1. The van der Waals surface area contributed by atoms with Crippen LogP contribution in [0.15, 0.2) is 49.1 Å². The number of aromatic carboxylic acids is 1. The third-order valence-corrected chi connectivity index (χ3v) is 2.97. The van der Waals surface area contributed by atoms with E-state index in [1.165, 1.54) is 0 Å². The lowest BCUT2D eigenvalue weighted by Gasteiger charge is -2.04. The lowest BCUT2D eigenvalue weighted by atomic mass is 10.2. The second kappa shape index (κ2) is 4.53. The van der Waals surface area contributed by atoms with E-state index in [4.69, 9.17) is 5.11 Å². The van der Waals surface area contributed by atoms with Gasteiger partial charge in [-0.25, -0.2) is 9.78 Å². The van der Waals surface area contributed by atoms with Crippen LogP contribution in [0.1, 0.15) is 15.9 Å². The predicted octanol–water partition coefficient (Wildman–Crippen LogP) is 2.18. The molecule has 5 heteroatoms. The van der Waals surface area contributed by atoms with Crippen LogP contribution in [0.3, 0.4) is 0 Å². The monoisotopic (exact) mass is 253 g/mol. The molecule has 0 atom stereocenters. The average molecular weight is 253 g/mol. The van der Waals surface area contributed by atoms with E-state index in [-0.39, 0.29) is 5.56 Å². The molecule has 0 aliphatic rings. The van der Waals surface area contributed by atoms with Crippen molar-refractivity contribution < 1.29 is 9.90 Å². The molecule has 0 bridgehead atoms. The maximum absolute atomic E-state index is 10.9. The Labute approximate surface area is 109 Å². The molecule has 0 aliphatic heterocycles. The molecule has 0 fully saturated rings. The first-order chi connectivity index (χ1) is 9.24. The zero-order chi connectivity index (χ0) is 13.2. The number of nitrogens with zero attached hydrogens (tertiary/aromatic N) is 3. The number of carboxylic acids is 1. The molecule has 0 unspecified atom stereocenters. The molecule has 0 saturated heterocycles. The van der Waals surface area contributed by atoms with Crippen molar-refractivity contribution in [1.82, 2.24) is 14.5 Å². The summed E-state index contributed by atoms with van der Waals surface area (Å²) in [5.41, 5.74) is 2.98. The van der Waals surface area contributed by atoms with Crippen LogP contribution < -0.4 is 0 Å². The first-order valence-electron chi connectivity index (χ1n) is 5.81. The van der Waals surface area contributed by atoms with Crippen molar-refractivity contribution in [2.45, 2.75) is 6.54 Å². The largest absolute Gasteiger partial charge is 0.478 e. The topological polar surface area (TPSA) is 68.0 Å². The van der Waals surface area contributed by atoms with E-state index in [9.17, 15) is 4.79 Å². The van der Waals surface area contributed by atoms with Crippen LogP contribution in [-0.2, 0) is 6.54 Å². The van der Waals surface area contributed by atoms with Gasteiger partial charge in [0.05, 0.1) is 22.9 Å². The molecular formula is C14H11N3O2. The van der Waals surface area contributed by atoms with Gasteiger partial charge in [0.15, 0.2) is 0 Å². The maximum atomic E-state index is 10.9. The van der Waals surface area contributed by atoms with Gasteiger partial charge in [-0.05, 0) is 35.9 Å². The van der Waals surface area contributed by atoms with Crippen molar-refractivity contribution >= 4 is 17.0 Å². The van der Waals surface area contributed by atoms with Gasteiger partial charge in [0.1, 0.15) is 0 Å². The van der Waals surface area contributed by atoms with Crippen LogP contribution in [0.2, 0.25) is 0 Å². The molecule has 1 aromatic carbocycles. The van der Waals surface area contributed by atoms with Gasteiger partial charge in [-0.2, -0.15) is 0 Å². The molecule has 2 aromatic heterocycles. The van der Waals surface area contributed by atoms with E-state index in [1.54, 1.807) is 36.9 Å². The van der Waals surface area contributed by atoms with Crippen LogP contribution in [-0.4, -0.2) is 25.6 Å². The second-order valence-corrected chi connectivity index (χ2v) is 4.24. The zero-order valence-corrected chi connectivity index (χ0v) is 10.0. The molecule has 94 valence electrons. The van der Waals surface area contributed by atoms with Gasteiger partial charge in [0, 0.05) is 18.9 Å². The van der Waals surface area contributed by atoms with E-state index < -0.39 is 5.97 Å². The Balaban J connectivity index is 1.99. The van der Waals surface area contributed by atoms with Gasteiger partial charge >= 0.3 is 5.97 Å². The van der Waals surface area contributed by atoms with Gasteiger partial charge < -0.3 is 9.67 Å². The van der Waals surface area contributed by atoms with Gasteiger partial charge in [0.25, 0.3) is 0 Å². The normalized spacial score (nSPS) is 10.7. The highest BCUT2D eigenvalue weighted by Crippen LogP contribution is 2.16. The maximum Gasteiger partial charge on any atom is 0.335 e. The standard InChI is InChI=1S/C14H11N3O2/c18-14(19)11-1-2-13-12(7-11)16-9-17(13)8-10-3-5-15-6-4-10/h1-7,9H,8H2,(H,18,19). The van der Waals surface area contributed by atoms with E-state index >= 15 is 0 Å². The molecule has 0 saturated carbocycles. The average Bonchev–Trinajstić information content (AvgIpc) is 2.82. The highest BCUT2D eigenvalue weighted by molar-refractivity contribution is 5.92. The van der Waals surface area contributed by atoms with E-state index in [0.717, 1.165) is 11.1 Å². The van der Waals surface area contributed by atoms with Crippen molar-refractivity contribution in [3.63, 3.8) is 0 Å². The Hall–Kier alpha value is -2.69. The Morgan fingerprint density at radius 2 is 2.00 bits per heavy atom. The van der Waals surface area contributed by atoms with Gasteiger partial charge in [-0.15, -0.1) is 0 Å². The van der Waals surface area contributed by atoms with Gasteiger partial charge in [0.2, 0.25) is 0 Å². The summed E-state index contributed by atoms with van der Waals surface area (Å²) in [7, 11) is 0. The molecule has 0 aliphatic carbocycles. The van der Waals surface area contributed by atoms with Crippen LogP contribution in [0.25, 0.3) is 11.0 Å². The molecule has 0 radical (unpaired) electrons. The molecule has 1 N–H and O–H groups in total. The summed E-state index contributed by atoms with van der Waals surface area (Å²) in [4.78, 5) is 19.1. The third kappa shape index (κ3) is 2.18. The van der Waals surface area contributed by atoms with Crippen molar-refractivity contribution in [2.75, 3.05) is 0 Å². The highest BCUT2D eigenvalue weighted by Gasteiger charge is 2.07. The van der Waals surface area contributed by atoms with E-state index in [0.29, 0.717) is 12.1 Å². The van der Waals surface area contributed by atoms with E-state index in [1.807, 2.05) is 16.7 Å². The fraction of sp³-hybridized carbons (Fsp3) is 0.0714. The Kier molecular flexibility index (Phi) is 2.72. The van der Waals surface area contributed by atoms with Crippen LogP contribution >= 0.6 is 0 Å². The number of benzene rings is 1. The molecule has 5 nitrogen and oxygen atoms in total. The number of rotatable bonds is 3. The Bertz CT molecular complexity index is 735. The summed E-state index contributed by atoms with van der Waals surface area (Å²) >= 11 is 0. The number of fused-ring (bicyclic) bond motifs is 1. The first kappa shape index (κ1) is 11.4. The number of pyridine rings is 1. The zero-order valence-electron chi connectivity index (χ0n) is 10.0. The summed E-state index contributed by atoms with van der Waals surface area (Å²) in [5.74, 6) is -0.939. The lowest BCUT2D eigenvalue weighted by Crippen LogP contribution is -1.99. The second-order valence-electron chi connectivity index (χ2n) is 4.24. The summed E-state index contributed by atoms with van der Waals surface area (Å²) < 4.78 is 1.98. The number of carboxylic acid groups (broad SMARTS) is 1. The summed E-state index contributed by atoms with van der Waals surface area (Å²) in [6.45, 7) is 0.686. The van der Waals surface area contributed by atoms with Crippen LogP contribution in [0.5, 0.6) is 0 Å². The quantitative estimate of drug-likeness (QED) is 0.776. The van der Waals surface area contributed by atoms with Crippen molar-refractivity contribution in [1.29, 1.82) is 0 Å². The molecule has 3 rings (SSSR count). The summed E-state index contributed by atoms with van der Waals surface area (Å²) in [5, 5.41) is 8.94. The number of hydrogen-bond acceptors (Lipinski definition) is 3. The Morgan fingerprint density at radius 1 is 1.21 bits per heavy atom. The minimum atomic E-state index is -0.939. The van der Waals surface area contributed by atoms with E-state index in [2.05, 4.69) is 9.97 Å². The molecule has 0 spiro atoms. The lowest BCUT2D eigenvalue weighted by molar-refractivity contribution is 0.0697. The van der Waals surface area contributed by atoms with Crippen molar-refractivity contribution in [3.05, 3.63) is 60.2 Å². The number of aromatic nitrogens is 3. The highest BCUT2D eigenvalue weighted by atomic mass is 16.4. The molecule has 2 heterocycles. The predicted molar refractivity (Wildman–Crippen MR) is 70.0 cm³/mol. The SMILES string of the molecule is O=C(O)c1ccc2c(c1)ncn2Cc1ccncc1. The summed E-state index contributed by atoms with van der Waals surface area (Å²) in [6.07, 6.45) is 5.21. The third-order valence-electron chi connectivity index (χ3n) is 2.97. The number of imidazole rings is 1. The van der Waals surface area contributed by atoms with Gasteiger partial charge in [-0.1, -0.05) is 0 Å². The van der Waals surface area contributed by atoms with Crippen molar-refractivity contribution in [2.24, 2.45) is 0 Å². The van der Waals surface area contributed by atoms with Crippen LogP contribution in [0.4, 0.5) is 0 Å². The number of carbonyl (C=O) groups is 1. The summed E-state index contributed by atoms with van der Waals surface area (Å²) in [6, 6.07) is 8.85. The Morgan fingerprint density at radius 3 is 2.74 bits per heavy atom. The minimum Gasteiger partial charge on any atom is -0.478 e. The smallest absolute Gasteiger partial charge is 0.335 e. The molecule has 3 aromatic rings. The van der Waals surface area contributed by atoms with Gasteiger partial charge in [-0.3, -0.25) is 4.98 Å². The van der Waals surface area contributed by atoms with Crippen molar-refractivity contribution in [3.8, 4) is 0 Å². The fourth-order valence-electron chi connectivity index (χ4n) is 2.01. The molecule has 19 heavy (non-hydrogen) atoms.